The van der Waals surface area contributed by atoms with Crippen LogP contribution in [0, 0.1) is 0 Å². The number of nitrogens with one attached hydrogen (secondary N) is 1. The van der Waals surface area contributed by atoms with Gasteiger partial charge in [-0.3, -0.25) is 9.48 Å². The number of hydrogen-bond acceptors (Lipinski definition) is 4. The maximum atomic E-state index is 11.5. The summed E-state index contributed by atoms with van der Waals surface area (Å²) in [5.74, 6) is 0. The fourth-order valence-electron chi connectivity index (χ4n) is 1.69. The zero-order valence-electron chi connectivity index (χ0n) is 11.3. The van der Waals surface area contributed by atoms with E-state index < -0.39 is 0 Å². The van der Waals surface area contributed by atoms with E-state index >= 15 is 0 Å². The van der Waals surface area contributed by atoms with Crippen LogP contribution in [0.1, 0.15) is 19.5 Å². The molecule has 0 atom stereocenters. The van der Waals surface area contributed by atoms with Crippen LogP contribution in [0.25, 0.3) is 0 Å². The van der Waals surface area contributed by atoms with Crippen molar-refractivity contribution < 1.29 is 0 Å². The van der Waals surface area contributed by atoms with E-state index in [4.69, 9.17) is 0 Å². The number of hydrogen-bond donors (Lipinski definition) is 1. The topological polar surface area (TPSA) is 64.7 Å². The van der Waals surface area contributed by atoms with Crippen molar-refractivity contribution in [1.29, 1.82) is 0 Å². The summed E-state index contributed by atoms with van der Waals surface area (Å²) in [5.41, 5.74) is 0.915. The van der Waals surface area contributed by atoms with Gasteiger partial charge in [-0.2, -0.15) is 0 Å². The number of aryl methyl sites for hydroxylation is 2. The molecule has 102 valence electrons. The van der Waals surface area contributed by atoms with Crippen molar-refractivity contribution in [3.05, 3.63) is 46.6 Å². The molecule has 0 saturated heterocycles. The molecule has 6 nitrogen and oxygen atoms in total. The van der Waals surface area contributed by atoms with Gasteiger partial charge in [0.15, 0.2) is 0 Å². The quantitative estimate of drug-likeness (QED) is 0.828. The van der Waals surface area contributed by atoms with E-state index in [2.05, 4.69) is 29.5 Å². The monoisotopic (exact) mass is 261 g/mol. The molecule has 2 rings (SSSR count). The number of aromatic nitrogens is 4. The Morgan fingerprint density at radius 3 is 2.89 bits per heavy atom. The molecule has 19 heavy (non-hydrogen) atoms. The third-order valence-corrected chi connectivity index (χ3v) is 2.75. The normalized spacial score (nSPS) is 11.1. The standard InChI is InChI=1S/C13H19N5O/c1-11(2)14-9-12-10-18(16-15-12)8-7-17-6-4-3-5-13(17)19/h3-6,10-11,14H,7-9H2,1-2H3. The highest BCUT2D eigenvalue weighted by atomic mass is 16.1. The van der Waals surface area contributed by atoms with E-state index in [1.807, 2.05) is 12.3 Å². The smallest absolute Gasteiger partial charge is 0.250 e. The zero-order valence-corrected chi connectivity index (χ0v) is 11.3. The molecule has 0 unspecified atom stereocenters. The van der Waals surface area contributed by atoms with Crippen LogP contribution >= 0.6 is 0 Å². The zero-order chi connectivity index (χ0) is 13.7. The Balaban J connectivity index is 1.90. The molecular formula is C13H19N5O. The lowest BCUT2D eigenvalue weighted by Crippen LogP contribution is -2.22. The Hall–Kier alpha value is -1.95. The third-order valence-electron chi connectivity index (χ3n) is 2.75. The molecule has 1 N–H and O–H groups in total. The summed E-state index contributed by atoms with van der Waals surface area (Å²) in [5, 5.41) is 11.4. The van der Waals surface area contributed by atoms with Gasteiger partial charge in [-0.15, -0.1) is 5.10 Å². The van der Waals surface area contributed by atoms with Gasteiger partial charge in [-0.05, 0) is 6.07 Å². The Bertz CT molecular complexity index is 572. The van der Waals surface area contributed by atoms with Crippen LogP contribution in [0.3, 0.4) is 0 Å². The van der Waals surface area contributed by atoms with Crippen molar-refractivity contribution in [2.45, 2.75) is 39.5 Å². The molecule has 0 radical (unpaired) electrons. The molecule has 0 aliphatic carbocycles. The largest absolute Gasteiger partial charge is 0.314 e. The first kappa shape index (κ1) is 13.5. The van der Waals surface area contributed by atoms with Crippen LogP contribution in [0.2, 0.25) is 0 Å². The molecule has 2 aromatic heterocycles. The minimum absolute atomic E-state index is 0.00399. The highest BCUT2D eigenvalue weighted by Gasteiger charge is 2.02. The average Bonchev–Trinajstić information content (AvgIpc) is 2.83. The first-order valence-corrected chi connectivity index (χ1v) is 6.43. The van der Waals surface area contributed by atoms with Gasteiger partial charge in [0.25, 0.3) is 5.56 Å². The number of pyridine rings is 1. The molecule has 0 aliphatic heterocycles. The minimum atomic E-state index is 0.00399. The summed E-state index contributed by atoms with van der Waals surface area (Å²) in [4.78, 5) is 11.5. The van der Waals surface area contributed by atoms with E-state index in [0.29, 0.717) is 25.7 Å². The lowest BCUT2D eigenvalue weighted by atomic mass is 10.3. The van der Waals surface area contributed by atoms with Gasteiger partial charge in [0.2, 0.25) is 0 Å². The van der Waals surface area contributed by atoms with Gasteiger partial charge in [-0.25, -0.2) is 0 Å². The third kappa shape index (κ3) is 4.03. The van der Waals surface area contributed by atoms with E-state index in [0.717, 1.165) is 5.69 Å². The van der Waals surface area contributed by atoms with Gasteiger partial charge < -0.3 is 9.88 Å². The summed E-state index contributed by atoms with van der Waals surface area (Å²) >= 11 is 0. The molecule has 2 heterocycles. The van der Waals surface area contributed by atoms with Crippen LogP contribution in [0.4, 0.5) is 0 Å². The second kappa shape index (κ2) is 6.29. The predicted molar refractivity (Wildman–Crippen MR) is 72.7 cm³/mol. The van der Waals surface area contributed by atoms with Gasteiger partial charge in [-0.1, -0.05) is 25.1 Å². The van der Waals surface area contributed by atoms with Crippen molar-refractivity contribution in [3.63, 3.8) is 0 Å². The Labute approximate surface area is 112 Å². The molecule has 2 aromatic rings. The molecule has 0 saturated carbocycles. The SMILES string of the molecule is CC(C)NCc1cn(CCn2ccccc2=O)nn1. The summed E-state index contributed by atoms with van der Waals surface area (Å²) in [7, 11) is 0. The molecule has 0 bridgehead atoms. The fraction of sp³-hybridized carbons (Fsp3) is 0.462. The van der Waals surface area contributed by atoms with Crippen molar-refractivity contribution in [3.8, 4) is 0 Å². The molecular weight excluding hydrogens is 242 g/mol. The molecule has 0 amide bonds. The van der Waals surface area contributed by atoms with Crippen LogP contribution < -0.4 is 10.9 Å². The second-order valence-corrected chi connectivity index (χ2v) is 4.74. The van der Waals surface area contributed by atoms with Crippen LogP contribution in [0.5, 0.6) is 0 Å². The average molecular weight is 261 g/mol. The first-order chi connectivity index (χ1) is 9.15. The molecule has 6 heteroatoms. The van der Waals surface area contributed by atoms with Gasteiger partial charge >= 0.3 is 0 Å². The lowest BCUT2D eigenvalue weighted by molar-refractivity contribution is 0.511. The molecule has 0 aliphatic rings. The number of rotatable bonds is 6. The lowest BCUT2D eigenvalue weighted by Gasteiger charge is -2.05. The van der Waals surface area contributed by atoms with Gasteiger partial charge in [0.1, 0.15) is 0 Å². The maximum absolute atomic E-state index is 11.5. The fourth-order valence-corrected chi connectivity index (χ4v) is 1.69. The number of nitrogens with zero attached hydrogens (tertiary/aromatic N) is 4. The predicted octanol–water partition coefficient (Wildman–Crippen LogP) is 0.638. The van der Waals surface area contributed by atoms with Crippen molar-refractivity contribution in [2.24, 2.45) is 0 Å². The first-order valence-electron chi connectivity index (χ1n) is 6.43. The molecule has 0 aromatic carbocycles. The Morgan fingerprint density at radius 1 is 1.32 bits per heavy atom. The Morgan fingerprint density at radius 2 is 2.16 bits per heavy atom. The van der Waals surface area contributed by atoms with Gasteiger partial charge in [0.05, 0.1) is 12.2 Å². The Kier molecular flexibility index (Phi) is 4.46. The van der Waals surface area contributed by atoms with Crippen LogP contribution in [-0.2, 0) is 19.6 Å². The van der Waals surface area contributed by atoms with Crippen LogP contribution in [0.15, 0.2) is 35.4 Å². The summed E-state index contributed by atoms with van der Waals surface area (Å²) in [6.07, 6.45) is 3.68. The minimum Gasteiger partial charge on any atom is -0.314 e. The van der Waals surface area contributed by atoms with Crippen molar-refractivity contribution in [1.82, 2.24) is 24.9 Å². The second-order valence-electron chi connectivity index (χ2n) is 4.74. The van der Waals surface area contributed by atoms with E-state index in [9.17, 15) is 4.79 Å². The summed E-state index contributed by atoms with van der Waals surface area (Å²) in [6.45, 7) is 6.13. The van der Waals surface area contributed by atoms with E-state index in [1.54, 1.807) is 27.6 Å². The van der Waals surface area contributed by atoms with E-state index in [-0.39, 0.29) is 5.56 Å². The van der Waals surface area contributed by atoms with Gasteiger partial charge in [0, 0.05) is 37.6 Å². The summed E-state index contributed by atoms with van der Waals surface area (Å²) in [6, 6.07) is 5.57. The molecule has 0 spiro atoms. The maximum Gasteiger partial charge on any atom is 0.250 e. The van der Waals surface area contributed by atoms with Crippen LogP contribution in [-0.4, -0.2) is 25.6 Å². The van der Waals surface area contributed by atoms with Crippen molar-refractivity contribution in [2.75, 3.05) is 0 Å². The molecule has 0 fully saturated rings. The highest BCUT2D eigenvalue weighted by molar-refractivity contribution is 4.94. The van der Waals surface area contributed by atoms with Crippen molar-refractivity contribution >= 4 is 0 Å². The van der Waals surface area contributed by atoms with E-state index in [1.165, 1.54) is 0 Å². The highest BCUT2D eigenvalue weighted by Crippen LogP contribution is 1.95. The summed E-state index contributed by atoms with van der Waals surface area (Å²) < 4.78 is 3.42.